The molecule has 5 nitrogen and oxygen atoms in total. The number of aromatic nitrogens is 3. The van der Waals surface area contributed by atoms with Gasteiger partial charge in [-0.05, 0) is 36.5 Å². The molecule has 7 heteroatoms. The highest BCUT2D eigenvalue weighted by Gasteiger charge is 2.12. The maximum Gasteiger partial charge on any atom is 0.226 e. The van der Waals surface area contributed by atoms with E-state index in [1.54, 1.807) is 12.1 Å². The molecule has 3 aromatic rings. The molecule has 3 rings (SSSR count). The molecular weight excluding hydrogens is 318 g/mol. The van der Waals surface area contributed by atoms with Crippen molar-refractivity contribution in [3.05, 3.63) is 59.6 Å². The lowest BCUT2D eigenvalue weighted by atomic mass is 10.2. The van der Waals surface area contributed by atoms with Crippen LogP contribution < -0.4 is 11.1 Å². The zero-order valence-electron chi connectivity index (χ0n) is 11.4. The molecule has 0 amide bonds. The third-order valence-corrected chi connectivity index (χ3v) is 3.44. The van der Waals surface area contributed by atoms with Crippen molar-refractivity contribution >= 4 is 40.6 Å². The van der Waals surface area contributed by atoms with Gasteiger partial charge in [0.1, 0.15) is 0 Å². The number of rotatable bonds is 2. The van der Waals surface area contributed by atoms with Gasteiger partial charge < -0.3 is 11.1 Å². The standard InChI is InChI=1S/C15H12ClN5S/c16-11-6-4-5-10(9-11)13-19-14(17)21(20-13)15(22)18-12-7-2-1-3-8-12/h1-9H,(H,18,22)(H2,17,19,20). The van der Waals surface area contributed by atoms with E-state index in [2.05, 4.69) is 15.4 Å². The second-order valence-corrected chi connectivity index (χ2v) is 5.34. The van der Waals surface area contributed by atoms with Crippen molar-refractivity contribution in [3.8, 4) is 11.4 Å². The van der Waals surface area contributed by atoms with E-state index >= 15 is 0 Å². The smallest absolute Gasteiger partial charge is 0.226 e. The number of nitrogens with two attached hydrogens (primary N) is 1. The van der Waals surface area contributed by atoms with Gasteiger partial charge >= 0.3 is 0 Å². The van der Waals surface area contributed by atoms with Crippen molar-refractivity contribution in [1.82, 2.24) is 14.8 Å². The van der Waals surface area contributed by atoms with Crippen molar-refractivity contribution < 1.29 is 0 Å². The molecule has 0 spiro atoms. The molecule has 2 aromatic carbocycles. The third-order valence-electron chi connectivity index (χ3n) is 2.93. The number of para-hydroxylation sites is 1. The molecule has 0 aliphatic heterocycles. The molecule has 1 aromatic heterocycles. The number of nitrogen functional groups attached to an aromatic ring is 1. The molecule has 0 saturated heterocycles. The summed E-state index contributed by atoms with van der Waals surface area (Å²) in [5, 5.41) is 8.36. The zero-order valence-corrected chi connectivity index (χ0v) is 13.0. The molecule has 0 aliphatic carbocycles. The highest BCUT2D eigenvalue weighted by Crippen LogP contribution is 2.20. The Labute approximate surface area is 137 Å². The molecule has 3 N–H and O–H groups in total. The number of anilines is 2. The molecule has 0 aliphatic rings. The summed E-state index contributed by atoms with van der Waals surface area (Å²) in [5.74, 6) is 0.681. The Morgan fingerprint density at radius 3 is 2.64 bits per heavy atom. The Hall–Kier alpha value is -2.44. The summed E-state index contributed by atoms with van der Waals surface area (Å²) in [6, 6.07) is 16.8. The SMILES string of the molecule is Nc1nc(-c2cccc(Cl)c2)nn1C(=S)Nc1ccccc1. The second kappa shape index (κ2) is 6.13. The van der Waals surface area contributed by atoms with Gasteiger partial charge in [-0.3, -0.25) is 0 Å². The van der Waals surface area contributed by atoms with Gasteiger partial charge in [0.15, 0.2) is 5.82 Å². The first-order valence-electron chi connectivity index (χ1n) is 6.48. The van der Waals surface area contributed by atoms with Crippen LogP contribution in [0.5, 0.6) is 0 Å². The minimum absolute atomic E-state index is 0.211. The number of nitrogens with one attached hydrogen (secondary N) is 1. The molecule has 1 heterocycles. The molecule has 0 atom stereocenters. The number of thiocarbonyl (C=S) groups is 1. The maximum absolute atomic E-state index is 5.98. The van der Waals surface area contributed by atoms with Crippen molar-refractivity contribution in [1.29, 1.82) is 0 Å². The fourth-order valence-corrected chi connectivity index (χ4v) is 2.36. The normalized spacial score (nSPS) is 10.4. The van der Waals surface area contributed by atoms with E-state index < -0.39 is 0 Å². The van der Waals surface area contributed by atoms with Crippen LogP contribution in [-0.4, -0.2) is 19.9 Å². The van der Waals surface area contributed by atoms with Crippen LogP contribution in [0.3, 0.4) is 0 Å². The van der Waals surface area contributed by atoms with E-state index in [-0.39, 0.29) is 5.95 Å². The summed E-state index contributed by atoms with van der Waals surface area (Å²) < 4.78 is 1.39. The highest BCUT2D eigenvalue weighted by molar-refractivity contribution is 7.80. The first-order valence-corrected chi connectivity index (χ1v) is 7.27. The van der Waals surface area contributed by atoms with Crippen LogP contribution in [0, 0.1) is 0 Å². The minimum Gasteiger partial charge on any atom is -0.368 e. The Balaban J connectivity index is 1.88. The fourth-order valence-electron chi connectivity index (χ4n) is 1.92. The van der Waals surface area contributed by atoms with Crippen molar-refractivity contribution in [2.24, 2.45) is 0 Å². The summed E-state index contributed by atoms with van der Waals surface area (Å²) in [4.78, 5) is 4.23. The van der Waals surface area contributed by atoms with Crippen LogP contribution >= 0.6 is 23.8 Å². The van der Waals surface area contributed by atoms with E-state index in [0.29, 0.717) is 16.0 Å². The van der Waals surface area contributed by atoms with Crippen molar-refractivity contribution in [2.45, 2.75) is 0 Å². The topological polar surface area (TPSA) is 68.8 Å². The molecule has 0 radical (unpaired) electrons. The number of hydrogen-bond acceptors (Lipinski definition) is 4. The summed E-state index contributed by atoms with van der Waals surface area (Å²) >= 11 is 11.3. The molecule has 22 heavy (non-hydrogen) atoms. The second-order valence-electron chi connectivity index (χ2n) is 4.51. The summed E-state index contributed by atoms with van der Waals surface area (Å²) in [6.07, 6.45) is 0. The van der Waals surface area contributed by atoms with Gasteiger partial charge in [0.2, 0.25) is 11.1 Å². The summed E-state index contributed by atoms with van der Waals surface area (Å²) in [7, 11) is 0. The average molecular weight is 330 g/mol. The molecule has 0 unspecified atom stereocenters. The Morgan fingerprint density at radius 2 is 1.91 bits per heavy atom. The first-order chi connectivity index (χ1) is 10.6. The molecule has 110 valence electrons. The fraction of sp³-hybridized carbons (Fsp3) is 0. The van der Waals surface area contributed by atoms with Crippen LogP contribution in [0.4, 0.5) is 11.6 Å². The lowest BCUT2D eigenvalue weighted by Crippen LogP contribution is -2.22. The van der Waals surface area contributed by atoms with Crippen molar-refractivity contribution in [3.63, 3.8) is 0 Å². The Morgan fingerprint density at radius 1 is 1.14 bits per heavy atom. The van der Waals surface area contributed by atoms with Crippen LogP contribution in [-0.2, 0) is 0 Å². The van der Waals surface area contributed by atoms with Gasteiger partial charge in [-0.1, -0.05) is 41.9 Å². The lowest BCUT2D eigenvalue weighted by Gasteiger charge is -2.07. The number of hydrogen-bond donors (Lipinski definition) is 2. The summed E-state index contributed by atoms with van der Waals surface area (Å²) in [5.41, 5.74) is 7.53. The van der Waals surface area contributed by atoms with Crippen LogP contribution in [0.1, 0.15) is 0 Å². The van der Waals surface area contributed by atoms with Gasteiger partial charge in [0, 0.05) is 16.3 Å². The predicted molar refractivity (Wildman–Crippen MR) is 92.9 cm³/mol. The highest BCUT2D eigenvalue weighted by atomic mass is 35.5. The van der Waals surface area contributed by atoms with E-state index in [0.717, 1.165) is 11.3 Å². The van der Waals surface area contributed by atoms with Crippen molar-refractivity contribution in [2.75, 3.05) is 11.1 Å². The number of benzene rings is 2. The van der Waals surface area contributed by atoms with E-state index in [1.807, 2.05) is 42.5 Å². The minimum atomic E-state index is 0.211. The quantitative estimate of drug-likeness (QED) is 0.705. The third kappa shape index (κ3) is 3.08. The Kier molecular flexibility index (Phi) is 4.04. The molecule has 0 saturated carbocycles. The van der Waals surface area contributed by atoms with Gasteiger partial charge in [0.05, 0.1) is 0 Å². The van der Waals surface area contributed by atoms with Gasteiger partial charge in [-0.25, -0.2) is 0 Å². The Bertz CT molecular complexity index is 816. The van der Waals surface area contributed by atoms with E-state index in [4.69, 9.17) is 29.6 Å². The zero-order chi connectivity index (χ0) is 15.5. The van der Waals surface area contributed by atoms with E-state index in [9.17, 15) is 0 Å². The lowest BCUT2D eigenvalue weighted by molar-refractivity contribution is 0.961. The average Bonchev–Trinajstić information content (AvgIpc) is 2.90. The summed E-state index contributed by atoms with van der Waals surface area (Å²) in [6.45, 7) is 0. The molecular formula is C15H12ClN5S. The van der Waals surface area contributed by atoms with E-state index in [1.165, 1.54) is 4.68 Å². The molecule has 0 fully saturated rings. The number of halogens is 1. The number of nitrogens with zero attached hydrogens (tertiary/aromatic N) is 3. The van der Waals surface area contributed by atoms with Crippen LogP contribution in [0.25, 0.3) is 11.4 Å². The first kappa shape index (κ1) is 14.5. The van der Waals surface area contributed by atoms with Crippen LogP contribution in [0.15, 0.2) is 54.6 Å². The maximum atomic E-state index is 5.98. The van der Waals surface area contributed by atoms with Gasteiger partial charge in [-0.2, -0.15) is 9.67 Å². The molecule has 0 bridgehead atoms. The van der Waals surface area contributed by atoms with Crippen LogP contribution in [0.2, 0.25) is 5.02 Å². The van der Waals surface area contributed by atoms with Gasteiger partial charge in [0.25, 0.3) is 0 Å². The monoisotopic (exact) mass is 329 g/mol. The predicted octanol–water partition coefficient (Wildman–Crippen LogP) is 3.43. The van der Waals surface area contributed by atoms with Gasteiger partial charge in [-0.15, -0.1) is 5.10 Å². The largest absolute Gasteiger partial charge is 0.368 e.